The molecule has 5 fully saturated rings. The van der Waals surface area contributed by atoms with Gasteiger partial charge in [0.25, 0.3) is 0 Å². The summed E-state index contributed by atoms with van der Waals surface area (Å²) in [5.41, 5.74) is 2.13. The molecular weight excluding hydrogens is 595 g/mol. The summed E-state index contributed by atoms with van der Waals surface area (Å²) in [5.74, 6) is 3.01. The van der Waals surface area contributed by atoms with E-state index >= 15 is 0 Å². The fourth-order valence-corrected chi connectivity index (χ4v) is 11.5. The first-order chi connectivity index (χ1) is 15.4. The van der Waals surface area contributed by atoms with Gasteiger partial charge in [-0.2, -0.15) is 0 Å². The van der Waals surface area contributed by atoms with Gasteiger partial charge in [-0.25, -0.2) is 0 Å². The predicted molar refractivity (Wildman–Crippen MR) is 133 cm³/mol. The fourth-order valence-electron chi connectivity index (χ4n) is 11.5. The summed E-state index contributed by atoms with van der Waals surface area (Å²) in [6.45, 7) is 19.1. The molecule has 34 heavy (non-hydrogen) atoms. The van der Waals surface area contributed by atoms with Gasteiger partial charge >= 0.3 is 0 Å². The minimum Gasteiger partial charge on any atom is -0.393 e. The van der Waals surface area contributed by atoms with E-state index in [-0.39, 0.29) is 44.3 Å². The van der Waals surface area contributed by atoms with Crippen LogP contribution in [0.4, 0.5) is 0 Å². The second-order valence-corrected chi connectivity index (χ2v) is 14.4. The van der Waals surface area contributed by atoms with Gasteiger partial charge in [0.2, 0.25) is 0 Å². The summed E-state index contributed by atoms with van der Waals surface area (Å²) >= 11 is 0. The zero-order chi connectivity index (χ0) is 24.0. The Morgan fingerprint density at radius 2 is 1.56 bits per heavy atom. The Hall–Kier alpha value is 0.282. The molecule has 0 aromatic heterocycles. The van der Waals surface area contributed by atoms with E-state index in [9.17, 15) is 10.2 Å². The third-order valence-corrected chi connectivity index (χ3v) is 13.3. The van der Waals surface area contributed by atoms with Crippen LogP contribution in [0.1, 0.15) is 106 Å². The number of aliphatic hydroxyl groups excluding tert-OH is 2. The van der Waals surface area contributed by atoms with Gasteiger partial charge in [-0.3, -0.25) is 0 Å². The molecule has 5 aliphatic carbocycles. The Morgan fingerprint density at radius 3 is 2.21 bits per heavy atom. The third-order valence-electron chi connectivity index (χ3n) is 13.3. The monoisotopic (exact) mass is 645 g/mol. The Bertz CT molecular complexity index is 811. The average Bonchev–Trinajstić information content (AvgIpc) is 3.12. The predicted octanol–water partition coefficient (Wildman–Crippen LogP) is 6.72. The minimum absolute atomic E-state index is 0. The number of aliphatic hydroxyl groups is 2. The van der Waals surface area contributed by atoms with Crippen LogP contribution in [0, 0.1) is 51.2 Å². The summed E-state index contributed by atoms with van der Waals surface area (Å²) in [5, 5.41) is 20.8. The van der Waals surface area contributed by atoms with Crippen LogP contribution < -0.4 is 0 Å². The molecule has 4 heteroatoms. The van der Waals surface area contributed by atoms with Crippen molar-refractivity contribution in [3.05, 3.63) is 12.2 Å². The Morgan fingerprint density at radius 1 is 0.853 bits per heavy atom. The van der Waals surface area contributed by atoms with Gasteiger partial charge in [-0.05, 0) is 122 Å². The standard InChI is InChI=1S/C30H50O3.Re/c1-19(2)20-10-15-30(33-18-31)17-16-28(6)21(25(20)30)8-9-23-27(5)13-12-24(32)26(3,4)22(27)11-14-29(23,28)7;/h20-25,31-32H,1,8-18H2,2-7H3;/t20?,21?,22?,23?,24?,25?,27-,28?,29+,30?;/m0./s1. The maximum absolute atomic E-state index is 10.9. The number of allylic oxidation sites excluding steroid dienone is 1. The van der Waals surface area contributed by atoms with Crippen LogP contribution in [-0.4, -0.2) is 28.7 Å². The van der Waals surface area contributed by atoms with Crippen LogP contribution >= 0.6 is 0 Å². The van der Waals surface area contributed by atoms with Gasteiger partial charge in [-0.1, -0.05) is 46.8 Å². The molecule has 0 aromatic rings. The van der Waals surface area contributed by atoms with E-state index in [4.69, 9.17) is 4.74 Å². The van der Waals surface area contributed by atoms with Gasteiger partial charge in [0.1, 0.15) is 6.79 Å². The van der Waals surface area contributed by atoms with Crippen molar-refractivity contribution in [3.8, 4) is 0 Å². The molecule has 5 saturated carbocycles. The van der Waals surface area contributed by atoms with Crippen LogP contribution in [0.5, 0.6) is 0 Å². The first-order valence-corrected chi connectivity index (χ1v) is 14.0. The molecule has 5 rings (SSSR count). The van der Waals surface area contributed by atoms with E-state index in [1.54, 1.807) is 0 Å². The van der Waals surface area contributed by atoms with Crippen molar-refractivity contribution in [3.63, 3.8) is 0 Å². The van der Waals surface area contributed by atoms with Crippen LogP contribution in [-0.2, 0) is 25.2 Å². The first kappa shape index (κ1) is 27.3. The zero-order valence-electron chi connectivity index (χ0n) is 22.6. The van der Waals surface area contributed by atoms with Crippen molar-refractivity contribution in [2.45, 2.75) is 117 Å². The SMILES string of the molecule is C=C(C)C1CCC2(OCO)CCC3(C)C(CCC4[C@@]5(C)CCC(O)C(C)(C)C5CC[C@]43C)C12.[Re]. The molecule has 0 aromatic carbocycles. The summed E-state index contributed by atoms with van der Waals surface area (Å²) in [7, 11) is 0. The molecule has 10 atom stereocenters. The fraction of sp³-hybridized carbons (Fsp3) is 0.933. The molecule has 0 bridgehead atoms. The number of fused-ring (bicyclic) bond motifs is 7. The summed E-state index contributed by atoms with van der Waals surface area (Å²) in [6.07, 6.45) is 11.7. The van der Waals surface area contributed by atoms with E-state index in [0.29, 0.717) is 39.9 Å². The van der Waals surface area contributed by atoms with Crippen LogP contribution in [0.15, 0.2) is 12.2 Å². The average molecular weight is 645 g/mol. The Labute approximate surface area is 222 Å². The van der Waals surface area contributed by atoms with E-state index in [2.05, 4.69) is 48.1 Å². The zero-order valence-corrected chi connectivity index (χ0v) is 25.3. The molecule has 8 unspecified atom stereocenters. The van der Waals surface area contributed by atoms with Crippen molar-refractivity contribution in [1.29, 1.82) is 0 Å². The van der Waals surface area contributed by atoms with Gasteiger partial charge in [0.05, 0.1) is 11.7 Å². The van der Waals surface area contributed by atoms with Gasteiger partial charge in [-0.15, -0.1) is 0 Å². The smallest absolute Gasteiger partial charge is 0.144 e. The minimum atomic E-state index is -0.160. The molecule has 1 radical (unpaired) electrons. The summed E-state index contributed by atoms with van der Waals surface area (Å²) in [6, 6.07) is 0. The largest absolute Gasteiger partial charge is 0.393 e. The first-order valence-electron chi connectivity index (χ1n) is 14.0. The maximum atomic E-state index is 10.9. The van der Waals surface area contributed by atoms with Crippen molar-refractivity contribution in [2.24, 2.45) is 51.2 Å². The quantitative estimate of drug-likeness (QED) is 0.265. The second kappa shape index (κ2) is 8.66. The van der Waals surface area contributed by atoms with Crippen LogP contribution in [0.3, 0.4) is 0 Å². The van der Waals surface area contributed by atoms with Crippen molar-refractivity contribution < 1.29 is 35.4 Å². The third kappa shape index (κ3) is 3.34. The molecule has 0 saturated heterocycles. The summed E-state index contributed by atoms with van der Waals surface area (Å²) < 4.78 is 6.27. The van der Waals surface area contributed by atoms with Crippen molar-refractivity contribution in [2.75, 3.05) is 6.79 Å². The maximum Gasteiger partial charge on any atom is 0.144 e. The van der Waals surface area contributed by atoms with E-state index in [0.717, 1.165) is 25.2 Å². The summed E-state index contributed by atoms with van der Waals surface area (Å²) in [4.78, 5) is 0. The van der Waals surface area contributed by atoms with Gasteiger partial charge in [0, 0.05) is 20.4 Å². The number of hydrogen-bond donors (Lipinski definition) is 2. The van der Waals surface area contributed by atoms with Crippen molar-refractivity contribution >= 4 is 0 Å². The van der Waals surface area contributed by atoms with Crippen LogP contribution in [0.25, 0.3) is 0 Å². The normalized spacial score (nSPS) is 53.5. The molecule has 0 heterocycles. The van der Waals surface area contributed by atoms with Gasteiger partial charge < -0.3 is 14.9 Å². The van der Waals surface area contributed by atoms with Crippen LogP contribution in [0.2, 0.25) is 0 Å². The molecule has 5 aliphatic rings. The number of hydrogen-bond acceptors (Lipinski definition) is 3. The van der Waals surface area contributed by atoms with E-state index in [1.165, 1.54) is 50.5 Å². The molecule has 3 nitrogen and oxygen atoms in total. The topological polar surface area (TPSA) is 49.7 Å². The van der Waals surface area contributed by atoms with Gasteiger partial charge in [0.15, 0.2) is 0 Å². The molecule has 195 valence electrons. The Balaban J connectivity index is 0.00000274. The molecule has 0 aliphatic heterocycles. The second-order valence-electron chi connectivity index (χ2n) is 14.4. The van der Waals surface area contributed by atoms with Crippen molar-refractivity contribution in [1.82, 2.24) is 0 Å². The molecule has 0 spiro atoms. The van der Waals surface area contributed by atoms with E-state index < -0.39 is 0 Å². The molecular formula is C30H50O3Re. The molecule has 2 N–H and O–H groups in total. The molecule has 0 amide bonds. The Kier molecular flexibility index (Phi) is 6.96. The van der Waals surface area contributed by atoms with E-state index in [1.807, 2.05) is 0 Å². The number of rotatable bonds is 3. The number of ether oxygens (including phenoxy) is 1.